The van der Waals surface area contributed by atoms with E-state index in [0.717, 1.165) is 8.78 Å². The Balaban J connectivity index is 2.77. The first-order valence-corrected chi connectivity index (χ1v) is 8.22. The summed E-state index contributed by atoms with van der Waals surface area (Å²) in [5.74, 6) is -0.383. The van der Waals surface area contributed by atoms with E-state index in [2.05, 4.69) is 21.2 Å². The molecule has 0 aliphatic heterocycles. The average molecular weight is 364 g/mol. The van der Waals surface area contributed by atoms with Gasteiger partial charge in [-0.15, -0.1) is 0 Å². The molecule has 1 amide bonds. The predicted molar refractivity (Wildman–Crippen MR) is 80.6 cm³/mol. The van der Waals surface area contributed by atoms with Crippen molar-refractivity contribution in [1.82, 2.24) is 9.62 Å². The molecule has 0 heterocycles. The second kappa shape index (κ2) is 7.16. The predicted octanol–water partition coefficient (Wildman–Crippen LogP) is 0.533. The molecule has 0 fully saturated rings. The number of hydrogen-bond donors (Lipinski definition) is 2. The Morgan fingerprint density at radius 2 is 1.95 bits per heavy atom. The van der Waals surface area contributed by atoms with E-state index in [4.69, 9.17) is 5.73 Å². The van der Waals surface area contributed by atoms with Gasteiger partial charge in [0.1, 0.15) is 0 Å². The maximum Gasteiger partial charge on any atom is 0.243 e. The lowest BCUT2D eigenvalue weighted by Gasteiger charge is -2.18. The number of amides is 1. The van der Waals surface area contributed by atoms with Gasteiger partial charge in [0, 0.05) is 24.1 Å². The average Bonchev–Trinajstić information content (AvgIpc) is 2.38. The molecule has 0 saturated heterocycles. The van der Waals surface area contributed by atoms with Crippen LogP contribution in [0.15, 0.2) is 33.6 Å². The summed E-state index contributed by atoms with van der Waals surface area (Å²) in [6.45, 7) is 1.80. The summed E-state index contributed by atoms with van der Waals surface area (Å²) in [7, 11) is -2.31. The van der Waals surface area contributed by atoms with Gasteiger partial charge in [0.2, 0.25) is 15.9 Å². The number of carbonyl (C=O) groups excluding carboxylic acids is 1. The zero-order valence-corrected chi connectivity index (χ0v) is 13.7. The molecule has 0 aliphatic carbocycles. The van der Waals surface area contributed by atoms with Crippen LogP contribution in [0.2, 0.25) is 0 Å². The first kappa shape index (κ1) is 17.1. The van der Waals surface area contributed by atoms with E-state index >= 15 is 0 Å². The Bertz CT molecular complexity index is 560. The number of nitrogens with two attached hydrogens (primary N) is 1. The Labute approximate surface area is 127 Å². The molecule has 8 heteroatoms. The fourth-order valence-corrected chi connectivity index (χ4v) is 2.84. The summed E-state index contributed by atoms with van der Waals surface area (Å²) >= 11 is 3.24. The molecule has 1 atom stereocenters. The third-order valence-electron chi connectivity index (χ3n) is 2.65. The van der Waals surface area contributed by atoms with Crippen LogP contribution in [-0.4, -0.2) is 44.8 Å². The van der Waals surface area contributed by atoms with Crippen molar-refractivity contribution >= 4 is 31.9 Å². The highest BCUT2D eigenvalue weighted by Gasteiger charge is 2.23. The zero-order chi connectivity index (χ0) is 15.3. The van der Waals surface area contributed by atoms with Crippen molar-refractivity contribution in [1.29, 1.82) is 0 Å². The smallest absolute Gasteiger partial charge is 0.243 e. The number of rotatable bonds is 6. The van der Waals surface area contributed by atoms with Gasteiger partial charge in [-0.3, -0.25) is 4.79 Å². The molecular formula is C12H18BrN3O3S. The van der Waals surface area contributed by atoms with E-state index in [1.165, 1.54) is 19.2 Å². The Morgan fingerprint density at radius 1 is 1.40 bits per heavy atom. The van der Waals surface area contributed by atoms with Crippen molar-refractivity contribution < 1.29 is 13.2 Å². The van der Waals surface area contributed by atoms with Crippen molar-refractivity contribution in [2.75, 3.05) is 20.1 Å². The molecule has 0 bridgehead atoms. The van der Waals surface area contributed by atoms with Crippen LogP contribution in [0.25, 0.3) is 0 Å². The van der Waals surface area contributed by atoms with Crippen molar-refractivity contribution in [3.05, 3.63) is 28.7 Å². The first-order chi connectivity index (χ1) is 9.27. The van der Waals surface area contributed by atoms with E-state index in [9.17, 15) is 13.2 Å². The Kier molecular flexibility index (Phi) is 6.12. The maximum absolute atomic E-state index is 12.2. The number of likely N-dealkylation sites (N-methyl/N-ethyl adjacent to an activating group) is 1. The van der Waals surface area contributed by atoms with Gasteiger partial charge in [-0.1, -0.05) is 15.9 Å². The highest BCUT2D eigenvalue weighted by atomic mass is 79.9. The highest BCUT2D eigenvalue weighted by molar-refractivity contribution is 9.10. The highest BCUT2D eigenvalue weighted by Crippen LogP contribution is 2.17. The van der Waals surface area contributed by atoms with Gasteiger partial charge in [0.05, 0.1) is 11.4 Å². The fraction of sp³-hybridized carbons (Fsp3) is 0.417. The Hall–Kier alpha value is -0.960. The lowest BCUT2D eigenvalue weighted by molar-refractivity contribution is -0.121. The number of halogens is 1. The van der Waals surface area contributed by atoms with Crippen LogP contribution in [0.1, 0.15) is 6.92 Å². The van der Waals surface area contributed by atoms with Crippen molar-refractivity contribution in [2.45, 2.75) is 17.9 Å². The number of benzene rings is 1. The van der Waals surface area contributed by atoms with Crippen molar-refractivity contribution in [3.63, 3.8) is 0 Å². The van der Waals surface area contributed by atoms with Crippen LogP contribution >= 0.6 is 15.9 Å². The van der Waals surface area contributed by atoms with Crippen molar-refractivity contribution in [3.8, 4) is 0 Å². The van der Waals surface area contributed by atoms with Gasteiger partial charge in [0.25, 0.3) is 0 Å². The molecule has 1 rings (SSSR count). The van der Waals surface area contributed by atoms with E-state index in [1.54, 1.807) is 19.1 Å². The molecule has 112 valence electrons. The summed E-state index contributed by atoms with van der Waals surface area (Å²) in [6, 6.07) is 6.05. The molecule has 6 nitrogen and oxygen atoms in total. The molecule has 1 aromatic rings. The third-order valence-corrected chi connectivity index (χ3v) is 5.00. The SMILES string of the molecule is C[C@@H](CN)NC(=O)CN(C)S(=O)(=O)c1ccc(Br)cc1. The van der Waals surface area contributed by atoms with Crippen LogP contribution in [0.5, 0.6) is 0 Å². The minimum atomic E-state index is -3.67. The van der Waals surface area contributed by atoms with Crippen LogP contribution in [0, 0.1) is 0 Å². The molecule has 0 aliphatic rings. The molecule has 20 heavy (non-hydrogen) atoms. The summed E-state index contributed by atoms with van der Waals surface area (Å²) in [6.07, 6.45) is 0. The van der Waals surface area contributed by atoms with Crippen LogP contribution in [0.3, 0.4) is 0 Å². The Morgan fingerprint density at radius 3 is 2.45 bits per heavy atom. The monoisotopic (exact) mass is 363 g/mol. The maximum atomic E-state index is 12.2. The van der Waals surface area contributed by atoms with Gasteiger partial charge >= 0.3 is 0 Å². The standard InChI is InChI=1S/C12H18BrN3O3S/c1-9(7-14)15-12(17)8-16(2)20(18,19)11-5-3-10(13)4-6-11/h3-6,9H,7-8,14H2,1-2H3,(H,15,17)/t9-/m0/s1. The molecule has 0 spiro atoms. The number of nitrogens with zero attached hydrogens (tertiary/aromatic N) is 1. The lowest BCUT2D eigenvalue weighted by atomic mass is 10.3. The number of carbonyl (C=O) groups is 1. The van der Waals surface area contributed by atoms with E-state index in [-0.39, 0.29) is 23.4 Å². The normalized spacial score (nSPS) is 13.2. The zero-order valence-electron chi connectivity index (χ0n) is 11.3. The molecule has 3 N–H and O–H groups in total. The summed E-state index contributed by atoms with van der Waals surface area (Å²) in [5.41, 5.74) is 5.39. The lowest BCUT2D eigenvalue weighted by Crippen LogP contribution is -2.44. The minimum Gasteiger partial charge on any atom is -0.351 e. The first-order valence-electron chi connectivity index (χ1n) is 5.98. The second-order valence-corrected chi connectivity index (χ2v) is 7.38. The number of sulfonamides is 1. The summed E-state index contributed by atoms with van der Waals surface area (Å²) in [5, 5.41) is 2.62. The van der Waals surface area contributed by atoms with Crippen molar-refractivity contribution in [2.24, 2.45) is 5.73 Å². The molecule has 0 unspecified atom stereocenters. The molecular weight excluding hydrogens is 346 g/mol. The summed E-state index contributed by atoms with van der Waals surface area (Å²) < 4.78 is 26.3. The van der Waals surface area contributed by atoms with E-state index in [0.29, 0.717) is 6.54 Å². The minimum absolute atomic E-state index is 0.142. The third kappa shape index (κ3) is 4.55. The molecule has 0 radical (unpaired) electrons. The molecule has 0 saturated carbocycles. The van der Waals surface area contributed by atoms with E-state index < -0.39 is 10.0 Å². The second-order valence-electron chi connectivity index (χ2n) is 4.42. The fourth-order valence-electron chi connectivity index (χ4n) is 1.45. The van der Waals surface area contributed by atoms with Gasteiger partial charge < -0.3 is 11.1 Å². The summed E-state index contributed by atoms with van der Waals surface area (Å²) in [4.78, 5) is 11.8. The van der Waals surface area contributed by atoms with E-state index in [1.807, 2.05) is 0 Å². The van der Waals surface area contributed by atoms with Crippen LogP contribution < -0.4 is 11.1 Å². The molecule has 1 aromatic carbocycles. The topological polar surface area (TPSA) is 92.5 Å². The molecule has 0 aromatic heterocycles. The quantitative estimate of drug-likeness (QED) is 0.770. The van der Waals surface area contributed by atoms with Gasteiger partial charge in [-0.05, 0) is 31.2 Å². The largest absolute Gasteiger partial charge is 0.351 e. The number of hydrogen-bond acceptors (Lipinski definition) is 4. The van der Waals surface area contributed by atoms with Gasteiger partial charge in [-0.2, -0.15) is 4.31 Å². The van der Waals surface area contributed by atoms with Crippen LogP contribution in [0.4, 0.5) is 0 Å². The van der Waals surface area contributed by atoms with Gasteiger partial charge in [0.15, 0.2) is 0 Å². The van der Waals surface area contributed by atoms with Gasteiger partial charge in [-0.25, -0.2) is 8.42 Å². The van der Waals surface area contributed by atoms with Crippen LogP contribution in [-0.2, 0) is 14.8 Å². The number of nitrogens with one attached hydrogen (secondary N) is 1.